The van der Waals surface area contributed by atoms with Gasteiger partial charge in [-0.25, -0.2) is 0 Å². The van der Waals surface area contributed by atoms with Crippen LogP contribution in [0.1, 0.15) is 26.2 Å². The van der Waals surface area contributed by atoms with Crippen LogP contribution < -0.4 is 0 Å². The van der Waals surface area contributed by atoms with Crippen molar-refractivity contribution in [3.63, 3.8) is 0 Å². The molecule has 0 saturated heterocycles. The summed E-state index contributed by atoms with van der Waals surface area (Å²) >= 11 is 0. The highest BCUT2D eigenvalue weighted by Crippen LogP contribution is 2.23. The van der Waals surface area contributed by atoms with Crippen molar-refractivity contribution in [3.05, 3.63) is 35.5 Å². The van der Waals surface area contributed by atoms with E-state index in [1.807, 2.05) is 25.2 Å². The van der Waals surface area contributed by atoms with Crippen LogP contribution >= 0.6 is 0 Å². The molecule has 15 heavy (non-hydrogen) atoms. The summed E-state index contributed by atoms with van der Waals surface area (Å²) in [5.41, 5.74) is 2.26. The van der Waals surface area contributed by atoms with Crippen molar-refractivity contribution in [2.45, 2.75) is 26.2 Å². The van der Waals surface area contributed by atoms with Gasteiger partial charge in [0, 0.05) is 13.5 Å². The molecule has 0 spiro atoms. The van der Waals surface area contributed by atoms with Crippen molar-refractivity contribution in [2.75, 3.05) is 13.7 Å². The van der Waals surface area contributed by atoms with Gasteiger partial charge >= 0.3 is 0 Å². The van der Waals surface area contributed by atoms with Crippen LogP contribution in [0.25, 0.3) is 0 Å². The first kappa shape index (κ1) is 11.9. The molecule has 0 N–H and O–H groups in total. The van der Waals surface area contributed by atoms with Gasteiger partial charge in [0.15, 0.2) is 5.78 Å². The Morgan fingerprint density at radius 1 is 1.53 bits per heavy atom. The third-order valence-electron chi connectivity index (χ3n) is 2.39. The van der Waals surface area contributed by atoms with Gasteiger partial charge in [0.1, 0.15) is 0 Å². The molecule has 0 radical (unpaired) electrons. The smallest absolute Gasteiger partial charge is 0.155 e. The van der Waals surface area contributed by atoms with Gasteiger partial charge in [0.2, 0.25) is 0 Å². The average Bonchev–Trinajstić information content (AvgIpc) is 2.24. The molecule has 1 aliphatic rings. The highest BCUT2D eigenvalue weighted by molar-refractivity contribution is 5.92. The molecule has 0 aromatic carbocycles. The monoisotopic (exact) mass is 206 g/mol. The first-order valence-corrected chi connectivity index (χ1v) is 5.33. The van der Waals surface area contributed by atoms with Crippen LogP contribution in [0, 0.1) is 0 Å². The zero-order valence-corrected chi connectivity index (χ0v) is 9.45. The molecule has 1 rings (SSSR count). The number of carbonyl (C=O) groups excluding carboxylic acids is 1. The zero-order chi connectivity index (χ0) is 11.1. The molecule has 0 aliphatic heterocycles. The lowest BCUT2D eigenvalue weighted by Crippen LogP contribution is -2.04. The Hall–Kier alpha value is -1.15. The average molecular weight is 206 g/mol. The maximum absolute atomic E-state index is 11.3. The molecule has 2 nitrogen and oxygen atoms in total. The Bertz CT molecular complexity index is 308. The van der Waals surface area contributed by atoms with Crippen LogP contribution in [0.5, 0.6) is 0 Å². The summed E-state index contributed by atoms with van der Waals surface area (Å²) in [7, 11) is 1.67. The Morgan fingerprint density at radius 2 is 2.33 bits per heavy atom. The van der Waals surface area contributed by atoms with Crippen LogP contribution in [-0.2, 0) is 9.53 Å². The molecule has 0 amide bonds. The summed E-state index contributed by atoms with van der Waals surface area (Å²) in [6, 6.07) is 0. The lowest BCUT2D eigenvalue weighted by molar-refractivity contribution is -0.115. The van der Waals surface area contributed by atoms with E-state index in [0.29, 0.717) is 13.0 Å². The van der Waals surface area contributed by atoms with Gasteiger partial charge in [0.25, 0.3) is 0 Å². The van der Waals surface area contributed by atoms with Crippen LogP contribution in [-0.4, -0.2) is 19.5 Å². The highest BCUT2D eigenvalue weighted by Gasteiger charge is 2.11. The molecule has 0 aromatic heterocycles. The lowest BCUT2D eigenvalue weighted by Gasteiger charge is -2.13. The Kier molecular flexibility index (Phi) is 5.05. The summed E-state index contributed by atoms with van der Waals surface area (Å²) in [5, 5.41) is 0. The molecule has 0 saturated carbocycles. The number of hydrogen-bond donors (Lipinski definition) is 0. The van der Waals surface area contributed by atoms with E-state index < -0.39 is 0 Å². The molecular weight excluding hydrogens is 188 g/mol. The van der Waals surface area contributed by atoms with Crippen LogP contribution in [0.4, 0.5) is 0 Å². The first-order valence-electron chi connectivity index (χ1n) is 5.33. The van der Waals surface area contributed by atoms with Crippen molar-refractivity contribution in [1.82, 2.24) is 0 Å². The van der Waals surface area contributed by atoms with E-state index in [2.05, 4.69) is 0 Å². The minimum atomic E-state index is 0.240. The number of rotatable bonds is 4. The van der Waals surface area contributed by atoms with Crippen LogP contribution in [0.15, 0.2) is 35.5 Å². The normalized spacial score (nSPS) is 18.4. The molecule has 0 aromatic rings. The fourth-order valence-corrected chi connectivity index (χ4v) is 1.68. The van der Waals surface area contributed by atoms with Gasteiger partial charge in [0.05, 0.1) is 6.61 Å². The minimum absolute atomic E-state index is 0.240. The maximum Gasteiger partial charge on any atom is 0.155 e. The molecule has 0 bridgehead atoms. The van der Waals surface area contributed by atoms with Gasteiger partial charge < -0.3 is 4.74 Å². The van der Waals surface area contributed by atoms with Gasteiger partial charge in [-0.2, -0.15) is 0 Å². The van der Waals surface area contributed by atoms with Gasteiger partial charge in [-0.05, 0) is 37.0 Å². The van der Waals surface area contributed by atoms with E-state index in [1.54, 1.807) is 13.2 Å². The predicted molar refractivity (Wildman–Crippen MR) is 61.7 cm³/mol. The number of ether oxygens (including phenoxy) is 1. The second-order valence-corrected chi connectivity index (χ2v) is 3.60. The second kappa shape index (κ2) is 6.36. The van der Waals surface area contributed by atoms with E-state index in [0.717, 1.165) is 24.0 Å². The summed E-state index contributed by atoms with van der Waals surface area (Å²) < 4.78 is 5.01. The van der Waals surface area contributed by atoms with Crippen molar-refractivity contribution in [2.24, 2.45) is 0 Å². The number of methoxy groups -OCH3 is 1. The minimum Gasteiger partial charge on any atom is -0.381 e. The number of ketones is 1. The molecule has 1 aliphatic carbocycles. The summed E-state index contributed by atoms with van der Waals surface area (Å²) in [6.07, 6.45) is 10.5. The third-order valence-corrected chi connectivity index (χ3v) is 2.39. The Morgan fingerprint density at radius 3 is 2.93 bits per heavy atom. The van der Waals surface area contributed by atoms with Crippen molar-refractivity contribution in [1.29, 1.82) is 0 Å². The number of allylic oxidation sites excluding steroid dienone is 5. The number of hydrogen-bond acceptors (Lipinski definition) is 2. The SMILES string of the molecule is C/C=C\C(=C/COC)C1=CC(=O)CCC1. The third kappa shape index (κ3) is 3.84. The summed E-state index contributed by atoms with van der Waals surface area (Å²) in [6.45, 7) is 2.57. The van der Waals surface area contributed by atoms with Crippen molar-refractivity contribution >= 4 is 5.78 Å². The largest absolute Gasteiger partial charge is 0.381 e. The second-order valence-electron chi connectivity index (χ2n) is 3.60. The van der Waals surface area contributed by atoms with Crippen LogP contribution in [0.3, 0.4) is 0 Å². The van der Waals surface area contributed by atoms with Crippen LogP contribution in [0.2, 0.25) is 0 Å². The van der Waals surface area contributed by atoms with E-state index in [4.69, 9.17) is 4.74 Å². The fraction of sp³-hybridized carbons (Fsp3) is 0.462. The van der Waals surface area contributed by atoms with E-state index in [-0.39, 0.29) is 5.78 Å². The molecule has 0 fully saturated rings. The quantitative estimate of drug-likeness (QED) is 0.661. The topological polar surface area (TPSA) is 26.3 Å². The zero-order valence-electron chi connectivity index (χ0n) is 9.45. The molecule has 0 heterocycles. The van der Waals surface area contributed by atoms with E-state index in [9.17, 15) is 4.79 Å². The van der Waals surface area contributed by atoms with Crippen molar-refractivity contribution < 1.29 is 9.53 Å². The molecule has 0 atom stereocenters. The fourth-order valence-electron chi connectivity index (χ4n) is 1.68. The van der Waals surface area contributed by atoms with E-state index in [1.165, 1.54) is 0 Å². The summed E-state index contributed by atoms with van der Waals surface area (Å²) in [5.74, 6) is 0.240. The Labute approximate surface area is 91.3 Å². The molecule has 82 valence electrons. The molecule has 2 heteroatoms. The predicted octanol–water partition coefficient (Wildman–Crippen LogP) is 2.81. The first-order chi connectivity index (χ1) is 7.27. The number of carbonyl (C=O) groups is 1. The lowest BCUT2D eigenvalue weighted by atomic mass is 9.92. The maximum atomic E-state index is 11.3. The van der Waals surface area contributed by atoms with Gasteiger partial charge in [-0.1, -0.05) is 18.2 Å². The summed E-state index contributed by atoms with van der Waals surface area (Å²) in [4.78, 5) is 11.3. The Balaban J connectivity index is 2.83. The molecule has 0 unspecified atom stereocenters. The standard InChI is InChI=1S/C13H18O2/c1-3-5-11(8-9-15-2)12-6-4-7-13(14)10-12/h3,5,8,10H,4,6-7,9H2,1-2H3/b5-3-,11-8+. The van der Waals surface area contributed by atoms with Crippen molar-refractivity contribution in [3.8, 4) is 0 Å². The van der Waals surface area contributed by atoms with Gasteiger partial charge in [-0.3, -0.25) is 4.79 Å². The van der Waals surface area contributed by atoms with Gasteiger partial charge in [-0.15, -0.1) is 0 Å². The highest BCUT2D eigenvalue weighted by atomic mass is 16.5. The van der Waals surface area contributed by atoms with E-state index >= 15 is 0 Å². The molecular formula is C13H18O2.